The van der Waals surface area contributed by atoms with Crippen molar-refractivity contribution >= 4 is 0 Å². The lowest BCUT2D eigenvalue weighted by molar-refractivity contribution is 0.440. The second-order valence-electron chi connectivity index (χ2n) is 7.44. The van der Waals surface area contributed by atoms with E-state index in [1.807, 2.05) is 0 Å². The highest BCUT2D eigenvalue weighted by Crippen LogP contribution is 2.57. The monoisotopic (exact) mass is 245 g/mol. The van der Waals surface area contributed by atoms with Crippen molar-refractivity contribution in [2.24, 2.45) is 11.3 Å². The van der Waals surface area contributed by atoms with Crippen molar-refractivity contribution < 1.29 is 0 Å². The van der Waals surface area contributed by atoms with Gasteiger partial charge in [-0.25, -0.2) is 0 Å². The molecule has 0 radical (unpaired) electrons. The summed E-state index contributed by atoms with van der Waals surface area (Å²) in [5.74, 6) is 0.781. The van der Waals surface area contributed by atoms with Gasteiger partial charge in [-0.3, -0.25) is 0 Å². The molecule has 100 valence electrons. The Labute approximate surface area is 112 Å². The summed E-state index contributed by atoms with van der Waals surface area (Å²) in [7, 11) is 2.08. The summed E-state index contributed by atoms with van der Waals surface area (Å²) in [5.41, 5.74) is 3.60. The van der Waals surface area contributed by atoms with Crippen molar-refractivity contribution in [2.45, 2.75) is 52.5 Å². The van der Waals surface area contributed by atoms with Crippen LogP contribution in [-0.2, 0) is 5.41 Å². The van der Waals surface area contributed by atoms with Crippen LogP contribution in [0.15, 0.2) is 24.3 Å². The van der Waals surface area contributed by atoms with E-state index in [1.54, 1.807) is 0 Å². The Morgan fingerprint density at radius 2 is 1.67 bits per heavy atom. The average molecular weight is 245 g/mol. The van der Waals surface area contributed by atoms with Crippen LogP contribution < -0.4 is 5.32 Å². The summed E-state index contributed by atoms with van der Waals surface area (Å²) in [4.78, 5) is 0. The molecule has 0 aromatic heterocycles. The standard InChI is InChI=1S/C17H27N/c1-16(2,3)13-9-7-12(8-10-13)15(18-6)14-11-17(14,4)5/h7-10,14-15,18H,11H2,1-6H3. The Bertz CT molecular complexity index is 408. The first-order valence-corrected chi connectivity index (χ1v) is 7.03. The highest BCUT2D eigenvalue weighted by atomic mass is 14.9. The topological polar surface area (TPSA) is 12.0 Å². The maximum Gasteiger partial charge on any atom is 0.0351 e. The van der Waals surface area contributed by atoms with Gasteiger partial charge < -0.3 is 5.32 Å². The molecule has 2 unspecified atom stereocenters. The van der Waals surface area contributed by atoms with Crippen LogP contribution in [0.4, 0.5) is 0 Å². The number of rotatable bonds is 3. The molecule has 1 aromatic carbocycles. The smallest absolute Gasteiger partial charge is 0.0351 e. The van der Waals surface area contributed by atoms with Crippen molar-refractivity contribution in [3.8, 4) is 0 Å². The van der Waals surface area contributed by atoms with E-state index >= 15 is 0 Å². The Kier molecular flexibility index (Phi) is 3.31. The minimum absolute atomic E-state index is 0.243. The van der Waals surface area contributed by atoms with Gasteiger partial charge in [0.2, 0.25) is 0 Å². The maximum atomic E-state index is 3.49. The van der Waals surface area contributed by atoms with E-state index in [2.05, 4.69) is 71.2 Å². The van der Waals surface area contributed by atoms with E-state index in [1.165, 1.54) is 17.5 Å². The number of nitrogens with one attached hydrogen (secondary N) is 1. The van der Waals surface area contributed by atoms with Crippen molar-refractivity contribution in [3.05, 3.63) is 35.4 Å². The van der Waals surface area contributed by atoms with Crippen molar-refractivity contribution in [1.29, 1.82) is 0 Å². The molecule has 2 atom stereocenters. The van der Waals surface area contributed by atoms with Crippen molar-refractivity contribution in [2.75, 3.05) is 7.05 Å². The molecule has 0 spiro atoms. The van der Waals surface area contributed by atoms with E-state index < -0.39 is 0 Å². The van der Waals surface area contributed by atoms with Crippen LogP contribution in [0.5, 0.6) is 0 Å². The molecule has 18 heavy (non-hydrogen) atoms. The first-order valence-electron chi connectivity index (χ1n) is 7.03. The molecule has 1 nitrogen and oxygen atoms in total. The summed E-state index contributed by atoms with van der Waals surface area (Å²) >= 11 is 0. The molecule has 2 rings (SSSR count). The first kappa shape index (κ1) is 13.6. The summed E-state index contributed by atoms with van der Waals surface area (Å²) in [6.45, 7) is 11.5. The third kappa shape index (κ3) is 2.61. The van der Waals surface area contributed by atoms with E-state index in [0.717, 1.165) is 5.92 Å². The highest BCUT2D eigenvalue weighted by molar-refractivity contribution is 5.30. The molecular weight excluding hydrogens is 218 g/mol. The van der Waals surface area contributed by atoms with Crippen LogP contribution in [0.25, 0.3) is 0 Å². The van der Waals surface area contributed by atoms with Gasteiger partial charge in [-0.1, -0.05) is 58.9 Å². The van der Waals surface area contributed by atoms with Gasteiger partial charge in [0.25, 0.3) is 0 Å². The van der Waals surface area contributed by atoms with E-state index in [-0.39, 0.29) is 5.41 Å². The molecule has 1 aromatic rings. The molecule has 1 N–H and O–H groups in total. The molecule has 1 saturated carbocycles. The van der Waals surface area contributed by atoms with Crippen molar-refractivity contribution in [1.82, 2.24) is 5.32 Å². The molecule has 0 heterocycles. The minimum Gasteiger partial charge on any atom is -0.313 e. The van der Waals surface area contributed by atoms with Gasteiger partial charge in [0.1, 0.15) is 0 Å². The molecule has 1 aliphatic rings. The average Bonchev–Trinajstić information content (AvgIpc) is 2.88. The predicted octanol–water partition coefficient (Wildman–Crippen LogP) is 4.29. The molecule has 0 bridgehead atoms. The Balaban J connectivity index is 2.18. The highest BCUT2D eigenvalue weighted by Gasteiger charge is 2.49. The first-order chi connectivity index (χ1) is 8.25. The molecule has 1 heteroatoms. The lowest BCUT2D eigenvalue weighted by atomic mass is 9.85. The van der Waals surface area contributed by atoms with Crippen LogP contribution in [0.3, 0.4) is 0 Å². The fourth-order valence-electron chi connectivity index (χ4n) is 2.87. The SMILES string of the molecule is CNC(c1ccc(C(C)(C)C)cc1)C1CC1(C)C. The molecular formula is C17H27N. The van der Waals surface area contributed by atoms with Gasteiger partial charge in [-0.15, -0.1) is 0 Å². The normalized spacial score (nSPS) is 23.8. The molecule has 0 saturated heterocycles. The zero-order valence-corrected chi connectivity index (χ0v) is 12.7. The van der Waals surface area contributed by atoms with Gasteiger partial charge in [0, 0.05) is 6.04 Å². The second kappa shape index (κ2) is 4.38. The van der Waals surface area contributed by atoms with Gasteiger partial charge >= 0.3 is 0 Å². The molecule has 1 aliphatic carbocycles. The van der Waals surface area contributed by atoms with E-state index in [4.69, 9.17) is 0 Å². The molecule has 0 aliphatic heterocycles. The third-order valence-corrected chi connectivity index (χ3v) is 4.44. The largest absolute Gasteiger partial charge is 0.313 e. The number of hydrogen-bond donors (Lipinski definition) is 1. The summed E-state index contributed by atoms with van der Waals surface area (Å²) in [6.07, 6.45) is 1.33. The maximum absolute atomic E-state index is 3.49. The minimum atomic E-state index is 0.243. The zero-order valence-electron chi connectivity index (χ0n) is 12.7. The van der Waals surface area contributed by atoms with Gasteiger partial charge in [0.05, 0.1) is 0 Å². The van der Waals surface area contributed by atoms with Gasteiger partial charge in [-0.2, -0.15) is 0 Å². The van der Waals surface area contributed by atoms with Crippen molar-refractivity contribution in [3.63, 3.8) is 0 Å². The van der Waals surface area contributed by atoms with Gasteiger partial charge in [-0.05, 0) is 41.3 Å². The lowest BCUT2D eigenvalue weighted by Crippen LogP contribution is -2.21. The van der Waals surface area contributed by atoms with Crippen LogP contribution in [0, 0.1) is 11.3 Å². The zero-order chi connectivity index (χ0) is 13.6. The predicted molar refractivity (Wildman–Crippen MR) is 78.8 cm³/mol. The quantitative estimate of drug-likeness (QED) is 0.837. The fraction of sp³-hybridized carbons (Fsp3) is 0.647. The number of benzene rings is 1. The van der Waals surface area contributed by atoms with Crippen LogP contribution >= 0.6 is 0 Å². The third-order valence-electron chi connectivity index (χ3n) is 4.44. The van der Waals surface area contributed by atoms with Crippen LogP contribution in [0.2, 0.25) is 0 Å². The second-order valence-corrected chi connectivity index (χ2v) is 7.44. The Hall–Kier alpha value is -0.820. The Morgan fingerprint density at radius 3 is 2.00 bits per heavy atom. The van der Waals surface area contributed by atoms with Crippen LogP contribution in [-0.4, -0.2) is 7.05 Å². The van der Waals surface area contributed by atoms with E-state index in [9.17, 15) is 0 Å². The fourth-order valence-corrected chi connectivity index (χ4v) is 2.87. The summed E-state index contributed by atoms with van der Waals surface area (Å²) in [6, 6.07) is 9.69. The number of hydrogen-bond acceptors (Lipinski definition) is 1. The Morgan fingerprint density at radius 1 is 1.17 bits per heavy atom. The lowest BCUT2D eigenvalue weighted by Gasteiger charge is -2.22. The summed E-state index contributed by atoms with van der Waals surface area (Å²) in [5, 5.41) is 3.49. The van der Waals surface area contributed by atoms with Gasteiger partial charge in [0.15, 0.2) is 0 Å². The van der Waals surface area contributed by atoms with Crippen LogP contribution in [0.1, 0.15) is 58.2 Å². The van der Waals surface area contributed by atoms with E-state index in [0.29, 0.717) is 11.5 Å². The summed E-state index contributed by atoms with van der Waals surface area (Å²) < 4.78 is 0. The molecule has 1 fully saturated rings. The molecule has 0 amide bonds.